The summed E-state index contributed by atoms with van der Waals surface area (Å²) in [5.74, 6) is 0.445. The van der Waals surface area contributed by atoms with Crippen LogP contribution < -0.4 is 10.6 Å². The van der Waals surface area contributed by atoms with Gasteiger partial charge in [0.2, 0.25) is 0 Å². The van der Waals surface area contributed by atoms with Gasteiger partial charge in [-0.15, -0.1) is 0 Å². The highest BCUT2D eigenvalue weighted by Gasteiger charge is 2.24. The third-order valence-electron chi connectivity index (χ3n) is 5.14. The number of carbonyl (C=O) groups is 1. The second-order valence-electron chi connectivity index (χ2n) is 7.34. The Morgan fingerprint density at radius 1 is 1.30 bits per heavy atom. The lowest BCUT2D eigenvalue weighted by molar-refractivity contribution is -0.404. The van der Waals surface area contributed by atoms with Crippen molar-refractivity contribution in [1.29, 1.82) is 0 Å². The molecular formula is C21H28N6O3. The highest BCUT2D eigenvalue weighted by atomic mass is 16.6. The first-order valence-corrected chi connectivity index (χ1v) is 10.3. The van der Waals surface area contributed by atoms with Crippen molar-refractivity contribution in [3.8, 4) is 5.69 Å². The van der Waals surface area contributed by atoms with Crippen molar-refractivity contribution in [2.24, 2.45) is 0 Å². The summed E-state index contributed by atoms with van der Waals surface area (Å²) in [6, 6.07) is 7.56. The van der Waals surface area contributed by atoms with Gasteiger partial charge in [-0.05, 0) is 43.5 Å². The molecule has 2 aromatic rings. The van der Waals surface area contributed by atoms with Gasteiger partial charge in [0.25, 0.3) is 12.1 Å². The Morgan fingerprint density at radius 2 is 2.03 bits per heavy atom. The van der Waals surface area contributed by atoms with Gasteiger partial charge in [-0.3, -0.25) is 14.9 Å². The van der Waals surface area contributed by atoms with E-state index in [1.807, 2.05) is 39.9 Å². The van der Waals surface area contributed by atoms with Crippen LogP contribution in [0.5, 0.6) is 0 Å². The van der Waals surface area contributed by atoms with Gasteiger partial charge >= 0.3 is 0 Å². The molecule has 0 radical (unpaired) electrons. The van der Waals surface area contributed by atoms with E-state index in [4.69, 9.17) is 0 Å². The minimum atomic E-state index is -0.451. The molecule has 1 aromatic heterocycles. The summed E-state index contributed by atoms with van der Waals surface area (Å²) in [5.41, 5.74) is 1.60. The summed E-state index contributed by atoms with van der Waals surface area (Å²) in [5, 5.41) is 17.2. The molecule has 9 nitrogen and oxygen atoms in total. The quantitative estimate of drug-likeness (QED) is 0.372. The number of unbranched alkanes of at least 4 members (excludes halogenated alkanes) is 1. The molecule has 0 spiro atoms. The number of hydrogen-bond donors (Lipinski definition) is 2. The van der Waals surface area contributed by atoms with Crippen LogP contribution >= 0.6 is 0 Å². The van der Waals surface area contributed by atoms with Gasteiger partial charge in [-0.1, -0.05) is 13.3 Å². The number of rotatable bonds is 9. The van der Waals surface area contributed by atoms with Crippen molar-refractivity contribution in [1.82, 2.24) is 25.1 Å². The molecule has 2 heterocycles. The van der Waals surface area contributed by atoms with Crippen LogP contribution in [0, 0.1) is 10.1 Å². The fraction of sp³-hybridized carbons (Fsp3) is 0.429. The first-order chi connectivity index (χ1) is 14.6. The van der Waals surface area contributed by atoms with Crippen LogP contribution in [0.25, 0.3) is 5.69 Å². The van der Waals surface area contributed by atoms with Crippen LogP contribution in [0.2, 0.25) is 0 Å². The number of carbonyl (C=O) groups excluding carboxylic acids is 1. The number of nitrogens with zero attached hydrogens (tertiary/aromatic N) is 4. The van der Waals surface area contributed by atoms with Crippen LogP contribution in [0.15, 0.2) is 55.0 Å². The number of piperidine rings is 1. The Morgan fingerprint density at radius 3 is 2.63 bits per heavy atom. The molecule has 0 saturated carbocycles. The monoisotopic (exact) mass is 412 g/mol. The minimum absolute atomic E-state index is 0.00718. The highest BCUT2D eigenvalue weighted by molar-refractivity contribution is 5.94. The van der Waals surface area contributed by atoms with Crippen LogP contribution in [-0.4, -0.2) is 51.0 Å². The van der Waals surface area contributed by atoms with Gasteiger partial charge in [-0.2, -0.15) is 0 Å². The van der Waals surface area contributed by atoms with E-state index in [9.17, 15) is 14.9 Å². The molecule has 0 bridgehead atoms. The molecule has 0 aliphatic carbocycles. The zero-order valence-electron chi connectivity index (χ0n) is 17.2. The van der Waals surface area contributed by atoms with Gasteiger partial charge in [0.15, 0.2) is 5.82 Å². The lowest BCUT2D eigenvalue weighted by Crippen LogP contribution is -2.46. The average Bonchev–Trinajstić information content (AvgIpc) is 3.28. The van der Waals surface area contributed by atoms with E-state index in [2.05, 4.69) is 22.5 Å². The van der Waals surface area contributed by atoms with Gasteiger partial charge in [0.05, 0.1) is 11.3 Å². The Hall–Kier alpha value is -3.36. The number of benzene rings is 1. The lowest BCUT2D eigenvalue weighted by atomic mass is 10.0. The van der Waals surface area contributed by atoms with Gasteiger partial charge in [0.1, 0.15) is 0 Å². The maximum atomic E-state index is 12.8. The summed E-state index contributed by atoms with van der Waals surface area (Å²) in [4.78, 5) is 29.1. The summed E-state index contributed by atoms with van der Waals surface area (Å²) < 4.78 is 1.88. The second kappa shape index (κ2) is 10.4. The third-order valence-corrected chi connectivity index (χ3v) is 5.14. The van der Waals surface area contributed by atoms with Crippen molar-refractivity contribution in [2.45, 2.75) is 38.6 Å². The predicted molar refractivity (Wildman–Crippen MR) is 114 cm³/mol. The van der Waals surface area contributed by atoms with E-state index < -0.39 is 4.92 Å². The second-order valence-corrected chi connectivity index (χ2v) is 7.34. The summed E-state index contributed by atoms with van der Waals surface area (Å²) in [6.07, 6.45) is 9.71. The fourth-order valence-electron chi connectivity index (χ4n) is 3.46. The summed E-state index contributed by atoms with van der Waals surface area (Å²) in [6.45, 7) is 3.99. The Kier molecular flexibility index (Phi) is 7.42. The van der Waals surface area contributed by atoms with Crippen molar-refractivity contribution in [2.75, 3.05) is 19.6 Å². The molecular weight excluding hydrogens is 384 g/mol. The topological polar surface area (TPSA) is 105 Å². The Bertz CT molecular complexity index is 855. The molecule has 3 rings (SSSR count). The number of aromatic nitrogens is 2. The molecule has 0 atom stereocenters. The molecule has 1 saturated heterocycles. The zero-order valence-corrected chi connectivity index (χ0v) is 17.2. The first kappa shape index (κ1) is 21.4. The average molecular weight is 412 g/mol. The van der Waals surface area contributed by atoms with Crippen LogP contribution in [0.3, 0.4) is 0 Å². The summed E-state index contributed by atoms with van der Waals surface area (Å²) >= 11 is 0. The van der Waals surface area contributed by atoms with E-state index in [-0.39, 0.29) is 11.9 Å². The molecule has 1 aliphatic heterocycles. The van der Waals surface area contributed by atoms with Crippen LogP contribution in [0.4, 0.5) is 0 Å². The third kappa shape index (κ3) is 5.82. The summed E-state index contributed by atoms with van der Waals surface area (Å²) in [7, 11) is 0. The normalized spacial score (nSPS) is 15.1. The number of nitrogens with one attached hydrogen (secondary N) is 2. The Balaban J connectivity index is 1.52. The number of amides is 1. The molecule has 0 unspecified atom stereocenters. The molecule has 1 aliphatic rings. The van der Waals surface area contributed by atoms with Crippen LogP contribution in [0.1, 0.15) is 43.0 Å². The lowest BCUT2D eigenvalue weighted by Gasteiger charge is -2.33. The number of hydrogen-bond acceptors (Lipinski definition) is 6. The standard InChI is InChI=1S/C21H28N6O3/c1-2-3-10-23-20(15-27(29)30)24-18-8-12-25(13-9-18)21(28)17-4-6-19(7-5-17)26-14-11-22-16-26/h4-7,11,14-16,18,23-24H,2-3,8-10,12-13H2,1H3. The maximum absolute atomic E-state index is 12.8. The van der Waals surface area contributed by atoms with Gasteiger partial charge < -0.3 is 20.1 Å². The fourth-order valence-corrected chi connectivity index (χ4v) is 3.46. The van der Waals surface area contributed by atoms with E-state index in [0.717, 1.165) is 37.6 Å². The number of imidazole rings is 1. The van der Waals surface area contributed by atoms with E-state index in [1.165, 1.54) is 0 Å². The molecule has 1 fully saturated rings. The minimum Gasteiger partial charge on any atom is -0.367 e. The molecule has 1 amide bonds. The van der Waals surface area contributed by atoms with E-state index in [1.54, 1.807) is 12.5 Å². The molecule has 2 N–H and O–H groups in total. The zero-order chi connectivity index (χ0) is 21.3. The van der Waals surface area contributed by atoms with Crippen molar-refractivity contribution < 1.29 is 9.72 Å². The molecule has 30 heavy (non-hydrogen) atoms. The van der Waals surface area contributed by atoms with E-state index >= 15 is 0 Å². The number of likely N-dealkylation sites (tertiary alicyclic amines) is 1. The Labute approximate surface area is 175 Å². The first-order valence-electron chi connectivity index (χ1n) is 10.3. The van der Waals surface area contributed by atoms with Crippen molar-refractivity contribution in [3.63, 3.8) is 0 Å². The molecule has 160 valence electrons. The van der Waals surface area contributed by atoms with Crippen molar-refractivity contribution >= 4 is 5.91 Å². The smallest absolute Gasteiger partial charge is 0.274 e. The molecule has 1 aromatic carbocycles. The van der Waals surface area contributed by atoms with Gasteiger partial charge in [-0.25, -0.2) is 4.98 Å². The van der Waals surface area contributed by atoms with Gasteiger partial charge in [0, 0.05) is 49.3 Å². The number of nitro groups is 1. The van der Waals surface area contributed by atoms with Crippen LogP contribution in [-0.2, 0) is 0 Å². The predicted octanol–water partition coefficient (Wildman–Crippen LogP) is 2.53. The SMILES string of the molecule is CCCCNC(=C[N+](=O)[O-])NC1CCN(C(=O)c2ccc(-n3ccnc3)cc2)CC1. The largest absolute Gasteiger partial charge is 0.367 e. The van der Waals surface area contributed by atoms with Crippen molar-refractivity contribution in [3.05, 3.63) is 70.7 Å². The molecule has 9 heteroatoms. The highest BCUT2D eigenvalue weighted by Crippen LogP contribution is 2.16. The maximum Gasteiger partial charge on any atom is 0.274 e. The van der Waals surface area contributed by atoms with E-state index in [0.29, 0.717) is 31.0 Å².